The molecule has 2 aliphatic heterocycles. The number of aryl methyl sites for hydroxylation is 2. The summed E-state index contributed by atoms with van der Waals surface area (Å²) < 4.78 is 5.69. The molecule has 7 heteroatoms. The van der Waals surface area contributed by atoms with Crippen molar-refractivity contribution in [3.63, 3.8) is 0 Å². The molecule has 29 heavy (non-hydrogen) atoms. The maximum atomic E-state index is 12.8. The van der Waals surface area contributed by atoms with E-state index in [0.717, 1.165) is 16.9 Å². The van der Waals surface area contributed by atoms with E-state index in [4.69, 9.17) is 4.74 Å². The van der Waals surface area contributed by atoms with Crippen molar-refractivity contribution in [2.75, 3.05) is 39.3 Å². The Balaban J connectivity index is 1.46. The standard InChI is InChI=1S/C22H31N3O4/c1-15(2)25-13-18(12-20(25)26)22(28)24-9-7-23(8-10-24)21(27)14-29-19-6-5-16(3)11-17(19)4/h5-6,11,15,18H,7-10,12-14H2,1-4H3. The molecule has 0 saturated carbocycles. The molecule has 2 aliphatic rings. The predicted molar refractivity (Wildman–Crippen MR) is 110 cm³/mol. The number of rotatable bonds is 5. The molecule has 1 aromatic rings. The van der Waals surface area contributed by atoms with Crippen LogP contribution >= 0.6 is 0 Å². The minimum Gasteiger partial charge on any atom is -0.484 e. The van der Waals surface area contributed by atoms with Gasteiger partial charge in [-0.2, -0.15) is 0 Å². The number of ether oxygens (including phenoxy) is 1. The van der Waals surface area contributed by atoms with Crippen LogP contribution in [0.25, 0.3) is 0 Å². The van der Waals surface area contributed by atoms with Crippen molar-refractivity contribution in [2.45, 2.75) is 40.2 Å². The van der Waals surface area contributed by atoms with Crippen molar-refractivity contribution < 1.29 is 19.1 Å². The van der Waals surface area contributed by atoms with Gasteiger partial charge in [0.1, 0.15) is 5.75 Å². The van der Waals surface area contributed by atoms with Crippen molar-refractivity contribution in [3.05, 3.63) is 29.3 Å². The summed E-state index contributed by atoms with van der Waals surface area (Å²) in [6, 6.07) is 5.99. The number of carbonyl (C=O) groups excluding carboxylic acids is 3. The van der Waals surface area contributed by atoms with E-state index in [2.05, 4.69) is 0 Å². The minimum absolute atomic E-state index is 0.00166. The molecule has 158 valence electrons. The maximum Gasteiger partial charge on any atom is 0.260 e. The number of likely N-dealkylation sites (tertiary alicyclic amines) is 1. The van der Waals surface area contributed by atoms with Crippen LogP contribution in [0.3, 0.4) is 0 Å². The van der Waals surface area contributed by atoms with E-state index in [9.17, 15) is 14.4 Å². The smallest absolute Gasteiger partial charge is 0.260 e. The number of amides is 3. The van der Waals surface area contributed by atoms with Gasteiger partial charge in [-0.05, 0) is 39.3 Å². The Morgan fingerprint density at radius 2 is 1.76 bits per heavy atom. The molecule has 1 aromatic carbocycles. The highest BCUT2D eigenvalue weighted by molar-refractivity contribution is 5.89. The molecule has 2 fully saturated rings. The van der Waals surface area contributed by atoms with Gasteiger partial charge in [-0.1, -0.05) is 17.7 Å². The van der Waals surface area contributed by atoms with Crippen LogP contribution < -0.4 is 4.74 Å². The normalized spacial score (nSPS) is 19.8. The third kappa shape index (κ3) is 4.89. The lowest BCUT2D eigenvalue weighted by atomic mass is 10.1. The van der Waals surface area contributed by atoms with Gasteiger partial charge >= 0.3 is 0 Å². The Kier molecular flexibility index (Phi) is 6.45. The Bertz CT molecular complexity index is 784. The molecule has 3 rings (SSSR count). The second-order valence-electron chi connectivity index (χ2n) is 8.30. The number of hydrogen-bond acceptors (Lipinski definition) is 4. The van der Waals surface area contributed by atoms with Crippen molar-refractivity contribution in [1.29, 1.82) is 0 Å². The first kappa shape index (κ1) is 21.1. The zero-order chi connectivity index (χ0) is 21.1. The number of hydrogen-bond donors (Lipinski definition) is 0. The molecule has 0 aliphatic carbocycles. The van der Waals surface area contributed by atoms with Gasteiger partial charge in [-0.3, -0.25) is 14.4 Å². The summed E-state index contributed by atoms with van der Waals surface area (Å²) >= 11 is 0. The lowest BCUT2D eigenvalue weighted by Crippen LogP contribution is -2.53. The molecule has 0 spiro atoms. The van der Waals surface area contributed by atoms with Crippen molar-refractivity contribution >= 4 is 17.7 Å². The third-order valence-electron chi connectivity index (χ3n) is 5.76. The number of piperazine rings is 1. The zero-order valence-corrected chi connectivity index (χ0v) is 17.8. The van der Waals surface area contributed by atoms with Gasteiger partial charge in [0, 0.05) is 45.2 Å². The Labute approximate surface area is 172 Å². The fraction of sp³-hybridized carbons (Fsp3) is 0.591. The van der Waals surface area contributed by atoms with Gasteiger partial charge in [0.2, 0.25) is 11.8 Å². The molecule has 0 aromatic heterocycles. The molecule has 7 nitrogen and oxygen atoms in total. The van der Waals surface area contributed by atoms with Crippen LogP contribution in [0, 0.1) is 19.8 Å². The fourth-order valence-corrected chi connectivity index (χ4v) is 4.02. The van der Waals surface area contributed by atoms with Crippen LogP contribution in [-0.4, -0.2) is 77.8 Å². The highest BCUT2D eigenvalue weighted by atomic mass is 16.5. The van der Waals surface area contributed by atoms with Crippen molar-refractivity contribution in [3.8, 4) is 5.75 Å². The molecule has 2 heterocycles. The quantitative estimate of drug-likeness (QED) is 0.752. The minimum atomic E-state index is -0.264. The third-order valence-corrected chi connectivity index (χ3v) is 5.76. The molecule has 0 radical (unpaired) electrons. The van der Waals surface area contributed by atoms with Gasteiger partial charge < -0.3 is 19.4 Å². The summed E-state index contributed by atoms with van der Waals surface area (Å²) in [5, 5.41) is 0. The summed E-state index contributed by atoms with van der Waals surface area (Å²) in [5.41, 5.74) is 2.16. The molecule has 2 saturated heterocycles. The SMILES string of the molecule is Cc1ccc(OCC(=O)N2CCN(C(=O)C3CC(=O)N(C(C)C)C3)CC2)c(C)c1. The van der Waals surface area contributed by atoms with Crippen LogP contribution in [-0.2, 0) is 14.4 Å². The highest BCUT2D eigenvalue weighted by Crippen LogP contribution is 2.23. The van der Waals surface area contributed by atoms with Crippen LogP contribution in [0.15, 0.2) is 18.2 Å². The Hall–Kier alpha value is -2.57. The van der Waals surface area contributed by atoms with E-state index in [0.29, 0.717) is 39.1 Å². The monoisotopic (exact) mass is 401 g/mol. The number of nitrogens with zero attached hydrogens (tertiary/aromatic N) is 3. The zero-order valence-electron chi connectivity index (χ0n) is 17.8. The Morgan fingerprint density at radius 1 is 1.10 bits per heavy atom. The lowest BCUT2D eigenvalue weighted by molar-refractivity contribution is -0.142. The number of carbonyl (C=O) groups is 3. The first-order chi connectivity index (χ1) is 13.8. The average molecular weight is 402 g/mol. The van der Waals surface area contributed by atoms with E-state index in [1.54, 1.807) is 14.7 Å². The van der Waals surface area contributed by atoms with Crippen LogP contribution in [0.5, 0.6) is 5.75 Å². The van der Waals surface area contributed by atoms with Crippen molar-refractivity contribution in [1.82, 2.24) is 14.7 Å². The van der Waals surface area contributed by atoms with Gasteiger partial charge in [0.25, 0.3) is 5.91 Å². The molecule has 0 N–H and O–H groups in total. The van der Waals surface area contributed by atoms with Gasteiger partial charge in [-0.15, -0.1) is 0 Å². The summed E-state index contributed by atoms with van der Waals surface area (Å²) in [6.45, 7) is 10.4. The Morgan fingerprint density at radius 3 is 2.34 bits per heavy atom. The molecular formula is C22H31N3O4. The van der Waals surface area contributed by atoms with E-state index in [-0.39, 0.29) is 36.3 Å². The van der Waals surface area contributed by atoms with E-state index >= 15 is 0 Å². The van der Waals surface area contributed by atoms with Crippen molar-refractivity contribution in [2.24, 2.45) is 5.92 Å². The van der Waals surface area contributed by atoms with Gasteiger partial charge in [0.05, 0.1) is 5.92 Å². The second-order valence-corrected chi connectivity index (χ2v) is 8.30. The number of benzene rings is 1. The van der Waals surface area contributed by atoms with E-state index in [1.807, 2.05) is 45.9 Å². The molecular weight excluding hydrogens is 370 g/mol. The second kappa shape index (κ2) is 8.84. The maximum absolute atomic E-state index is 12.8. The van der Waals surface area contributed by atoms with Crippen LogP contribution in [0.1, 0.15) is 31.4 Å². The first-order valence-corrected chi connectivity index (χ1v) is 10.3. The summed E-state index contributed by atoms with van der Waals surface area (Å²) in [5.74, 6) is 0.466. The predicted octanol–water partition coefficient (Wildman–Crippen LogP) is 1.61. The molecule has 1 atom stereocenters. The lowest BCUT2D eigenvalue weighted by Gasteiger charge is -2.36. The fourth-order valence-electron chi connectivity index (χ4n) is 4.02. The van der Waals surface area contributed by atoms with Crippen LogP contribution in [0.2, 0.25) is 0 Å². The largest absolute Gasteiger partial charge is 0.484 e. The van der Waals surface area contributed by atoms with Gasteiger partial charge in [-0.25, -0.2) is 0 Å². The average Bonchev–Trinajstić information content (AvgIpc) is 3.08. The molecule has 1 unspecified atom stereocenters. The summed E-state index contributed by atoms with van der Waals surface area (Å²) in [7, 11) is 0. The highest BCUT2D eigenvalue weighted by Gasteiger charge is 2.38. The molecule has 0 bridgehead atoms. The van der Waals surface area contributed by atoms with Gasteiger partial charge in [0.15, 0.2) is 6.61 Å². The van der Waals surface area contributed by atoms with E-state index in [1.165, 1.54) is 0 Å². The van der Waals surface area contributed by atoms with E-state index < -0.39 is 0 Å². The topological polar surface area (TPSA) is 70.2 Å². The van der Waals surface area contributed by atoms with Crippen LogP contribution in [0.4, 0.5) is 0 Å². The first-order valence-electron chi connectivity index (χ1n) is 10.3. The summed E-state index contributed by atoms with van der Waals surface area (Å²) in [6.07, 6.45) is 0.292. The summed E-state index contributed by atoms with van der Waals surface area (Å²) in [4.78, 5) is 42.7. The molecule has 3 amide bonds.